The highest BCUT2D eigenvalue weighted by atomic mass is 35.5. The number of amides is 1. The molecule has 0 aliphatic rings. The van der Waals surface area contributed by atoms with Gasteiger partial charge in [0, 0.05) is 28.8 Å². The number of hydrogen-bond donors (Lipinski definition) is 1. The molecule has 2 aromatic carbocycles. The molecule has 1 N–H and O–H groups in total. The predicted octanol–water partition coefficient (Wildman–Crippen LogP) is 5.55. The summed E-state index contributed by atoms with van der Waals surface area (Å²) in [5.41, 5.74) is 3.56. The first-order valence-corrected chi connectivity index (χ1v) is 11.9. The van der Waals surface area contributed by atoms with Gasteiger partial charge in [-0.1, -0.05) is 22.9 Å². The number of hydrogen-bond acceptors (Lipinski definition) is 6. The Hall–Kier alpha value is -3.23. The highest BCUT2D eigenvalue weighted by Gasteiger charge is 2.12. The van der Waals surface area contributed by atoms with Gasteiger partial charge < -0.3 is 10.1 Å². The van der Waals surface area contributed by atoms with Crippen LogP contribution in [0.3, 0.4) is 0 Å². The molecule has 4 rings (SSSR count). The molecule has 2 aromatic heterocycles. The molecule has 0 fully saturated rings. The van der Waals surface area contributed by atoms with E-state index in [-0.39, 0.29) is 5.91 Å². The fourth-order valence-electron chi connectivity index (χ4n) is 3.33. The third-order valence-corrected chi connectivity index (χ3v) is 6.19. The van der Waals surface area contributed by atoms with Gasteiger partial charge >= 0.3 is 0 Å². The van der Waals surface area contributed by atoms with E-state index in [1.54, 1.807) is 35.8 Å². The van der Waals surface area contributed by atoms with Crippen molar-refractivity contribution in [2.75, 3.05) is 5.32 Å². The molecule has 0 bridgehead atoms. The van der Waals surface area contributed by atoms with E-state index < -0.39 is 0 Å². The molecule has 0 unspecified atom stereocenters. The Balaban J connectivity index is 1.25. The maximum atomic E-state index is 12.4. The number of carbonyl (C=O) groups excluding carboxylic acids is 1. The molecule has 9 heteroatoms. The Morgan fingerprint density at radius 1 is 1.18 bits per heavy atom. The Morgan fingerprint density at radius 2 is 2.03 bits per heavy atom. The Kier molecular flexibility index (Phi) is 7.70. The minimum atomic E-state index is -0.260. The van der Waals surface area contributed by atoms with E-state index in [1.807, 2.05) is 16.9 Å². The summed E-state index contributed by atoms with van der Waals surface area (Å²) < 4.78 is 7.77. The van der Waals surface area contributed by atoms with Gasteiger partial charge in [0.2, 0.25) is 0 Å². The molecule has 33 heavy (non-hydrogen) atoms. The van der Waals surface area contributed by atoms with Crippen LogP contribution in [-0.4, -0.2) is 25.9 Å². The van der Waals surface area contributed by atoms with E-state index in [4.69, 9.17) is 16.3 Å². The van der Waals surface area contributed by atoms with Crippen LogP contribution in [-0.2, 0) is 19.6 Å². The van der Waals surface area contributed by atoms with Gasteiger partial charge in [-0.05, 0) is 73.7 Å². The van der Waals surface area contributed by atoms with E-state index in [2.05, 4.69) is 39.7 Å². The van der Waals surface area contributed by atoms with Crippen LogP contribution >= 0.6 is 22.9 Å². The smallest absolute Gasteiger partial charge is 0.275 e. The van der Waals surface area contributed by atoms with Gasteiger partial charge in [0.25, 0.3) is 5.91 Å². The van der Waals surface area contributed by atoms with Crippen molar-refractivity contribution in [2.45, 2.75) is 39.3 Å². The first-order valence-electron chi connectivity index (χ1n) is 10.6. The lowest BCUT2D eigenvalue weighted by Gasteiger charge is -2.10. The van der Waals surface area contributed by atoms with Gasteiger partial charge in [-0.25, -0.2) is 4.98 Å². The molecule has 170 valence electrons. The number of benzene rings is 2. The lowest BCUT2D eigenvalue weighted by molar-refractivity contribution is 0.102. The molecule has 0 spiro atoms. The highest BCUT2D eigenvalue weighted by Crippen LogP contribution is 2.21. The third kappa shape index (κ3) is 6.63. The first-order chi connectivity index (χ1) is 16.1. The minimum absolute atomic E-state index is 0.260. The molecule has 0 saturated heterocycles. The van der Waals surface area contributed by atoms with Crippen LogP contribution in [0.2, 0.25) is 5.02 Å². The lowest BCUT2D eigenvalue weighted by Crippen LogP contribution is -2.12. The number of aryl methyl sites for hydroxylation is 3. The number of carbonyl (C=O) groups is 1. The van der Waals surface area contributed by atoms with E-state index in [0.717, 1.165) is 36.6 Å². The van der Waals surface area contributed by atoms with Gasteiger partial charge in [0.05, 0.1) is 6.20 Å². The molecule has 1 amide bonds. The maximum absolute atomic E-state index is 12.4. The first kappa shape index (κ1) is 22.9. The number of halogens is 1. The zero-order chi connectivity index (χ0) is 23.0. The van der Waals surface area contributed by atoms with Gasteiger partial charge in [-0.3, -0.25) is 9.48 Å². The molecule has 0 saturated carbocycles. The van der Waals surface area contributed by atoms with Crippen molar-refractivity contribution in [3.63, 3.8) is 0 Å². The Morgan fingerprint density at radius 3 is 2.79 bits per heavy atom. The molecule has 0 atom stereocenters. The Bertz CT molecular complexity index is 1190. The van der Waals surface area contributed by atoms with Crippen LogP contribution in [0.5, 0.6) is 5.75 Å². The minimum Gasteiger partial charge on any atom is -0.486 e. The summed E-state index contributed by atoms with van der Waals surface area (Å²) in [4.78, 5) is 16.8. The summed E-state index contributed by atoms with van der Waals surface area (Å²) in [7, 11) is 0. The second-order valence-electron chi connectivity index (χ2n) is 7.59. The van der Waals surface area contributed by atoms with Crippen LogP contribution in [0.25, 0.3) is 0 Å². The zero-order valence-corrected chi connectivity index (χ0v) is 19.8. The van der Waals surface area contributed by atoms with E-state index >= 15 is 0 Å². The molecule has 4 aromatic rings. The van der Waals surface area contributed by atoms with Crippen LogP contribution in [0.1, 0.15) is 39.5 Å². The molecule has 0 radical (unpaired) electrons. The number of rotatable bonds is 10. The quantitative estimate of drug-likeness (QED) is 0.300. The summed E-state index contributed by atoms with van der Waals surface area (Å²) >= 11 is 7.28. The van der Waals surface area contributed by atoms with Crippen LogP contribution in [0.15, 0.2) is 60.2 Å². The number of nitrogens with zero attached hydrogens (tertiary/aromatic N) is 4. The number of unbranched alkanes of at least 4 members (excludes halogenated alkanes) is 1. The second kappa shape index (κ2) is 11.1. The summed E-state index contributed by atoms with van der Waals surface area (Å²) in [5, 5.41) is 13.7. The second-order valence-corrected chi connectivity index (χ2v) is 8.97. The van der Waals surface area contributed by atoms with E-state index in [0.29, 0.717) is 23.0 Å². The molecule has 7 nitrogen and oxygen atoms in total. The van der Waals surface area contributed by atoms with Crippen molar-refractivity contribution in [1.82, 2.24) is 20.0 Å². The molecular weight excluding hydrogens is 458 g/mol. The van der Waals surface area contributed by atoms with E-state index in [1.165, 1.54) is 22.5 Å². The van der Waals surface area contributed by atoms with Crippen LogP contribution < -0.4 is 10.1 Å². The van der Waals surface area contributed by atoms with Crippen molar-refractivity contribution in [2.24, 2.45) is 0 Å². The fraction of sp³-hybridized carbons (Fsp3) is 0.250. The van der Waals surface area contributed by atoms with Gasteiger partial charge in [-0.15, -0.1) is 16.4 Å². The summed E-state index contributed by atoms with van der Waals surface area (Å²) in [5.74, 6) is 0.532. The van der Waals surface area contributed by atoms with Crippen molar-refractivity contribution < 1.29 is 9.53 Å². The van der Waals surface area contributed by atoms with Crippen molar-refractivity contribution in [3.8, 4) is 5.75 Å². The summed E-state index contributed by atoms with van der Waals surface area (Å²) in [6, 6.07) is 13.1. The Labute approximate surface area is 201 Å². The topological polar surface area (TPSA) is 81.9 Å². The SMILES string of the molecule is Cc1cc(OCc2nc(C(=O)Nc3ccc(Cl)cc3)cs2)ccc1CCCCn1ccnn1. The number of ether oxygens (including phenoxy) is 1. The standard InChI is InChI=1S/C24H24ClN5O2S/c1-17-14-21(10-5-18(17)4-2-3-12-30-13-11-26-29-30)32-15-23-28-22(16-33-23)24(31)27-20-8-6-19(25)7-9-20/h5-11,13-14,16H,2-4,12,15H2,1H3,(H,27,31). The van der Waals surface area contributed by atoms with Crippen LogP contribution in [0.4, 0.5) is 5.69 Å². The summed E-state index contributed by atoms with van der Waals surface area (Å²) in [6.07, 6.45) is 6.74. The monoisotopic (exact) mass is 481 g/mol. The van der Waals surface area contributed by atoms with Crippen LogP contribution in [0, 0.1) is 6.92 Å². The third-order valence-electron chi connectivity index (χ3n) is 5.12. The van der Waals surface area contributed by atoms with Crippen molar-refractivity contribution in [1.29, 1.82) is 0 Å². The predicted molar refractivity (Wildman–Crippen MR) is 130 cm³/mol. The summed E-state index contributed by atoms with van der Waals surface area (Å²) in [6.45, 7) is 3.30. The molecular formula is C24H24ClN5O2S. The fourth-order valence-corrected chi connectivity index (χ4v) is 4.15. The zero-order valence-electron chi connectivity index (χ0n) is 18.2. The number of aromatic nitrogens is 4. The normalized spacial score (nSPS) is 10.8. The average Bonchev–Trinajstić information content (AvgIpc) is 3.50. The average molecular weight is 482 g/mol. The highest BCUT2D eigenvalue weighted by molar-refractivity contribution is 7.09. The maximum Gasteiger partial charge on any atom is 0.275 e. The van der Waals surface area contributed by atoms with Crippen molar-refractivity contribution in [3.05, 3.63) is 87.1 Å². The molecule has 0 aliphatic heterocycles. The van der Waals surface area contributed by atoms with Gasteiger partial charge in [-0.2, -0.15) is 0 Å². The van der Waals surface area contributed by atoms with Crippen molar-refractivity contribution >= 4 is 34.5 Å². The molecule has 2 heterocycles. The van der Waals surface area contributed by atoms with Gasteiger partial charge in [0.15, 0.2) is 0 Å². The largest absolute Gasteiger partial charge is 0.486 e. The number of anilines is 1. The van der Waals surface area contributed by atoms with E-state index in [9.17, 15) is 4.79 Å². The number of nitrogens with one attached hydrogen (secondary N) is 1. The number of thiazole rings is 1. The molecule has 0 aliphatic carbocycles. The van der Waals surface area contributed by atoms with Gasteiger partial charge in [0.1, 0.15) is 23.1 Å². The lowest BCUT2D eigenvalue weighted by atomic mass is 10.0.